The van der Waals surface area contributed by atoms with Crippen LogP contribution < -0.4 is 5.32 Å². The van der Waals surface area contributed by atoms with E-state index in [9.17, 15) is 4.79 Å². The van der Waals surface area contributed by atoms with E-state index in [0.717, 1.165) is 42.4 Å². The molecule has 32 heavy (non-hydrogen) atoms. The number of hydrogen-bond acceptors (Lipinski definition) is 2. The molecule has 4 aliphatic rings. The molecule has 0 spiro atoms. The van der Waals surface area contributed by atoms with Crippen molar-refractivity contribution < 1.29 is 4.79 Å². The Hall–Kier alpha value is -0.570. The number of carbonyl (C=O) groups is 1. The van der Waals surface area contributed by atoms with Crippen molar-refractivity contribution in [2.24, 2.45) is 46.3 Å². The number of nitrogens with zero attached hydrogens (tertiary/aromatic N) is 1. The molecule has 4 saturated carbocycles. The van der Waals surface area contributed by atoms with Gasteiger partial charge < -0.3 is 5.32 Å². The molecule has 0 aromatic heterocycles. The zero-order chi connectivity index (χ0) is 23.1. The molecule has 4 aliphatic carbocycles. The van der Waals surface area contributed by atoms with Gasteiger partial charge in [-0.05, 0) is 125 Å². The minimum Gasteiger partial charge on any atom is -0.341 e. The number of carbonyl (C=O) groups excluding carboxylic acids is 1. The van der Waals surface area contributed by atoms with E-state index in [-0.39, 0.29) is 12.1 Å². The highest BCUT2D eigenvalue weighted by Crippen LogP contribution is 2.68. The lowest BCUT2D eigenvalue weighted by Crippen LogP contribution is -2.53. The maximum absolute atomic E-state index is 12.6. The van der Waals surface area contributed by atoms with Crippen LogP contribution in [0.25, 0.3) is 0 Å². The Morgan fingerprint density at radius 1 is 0.969 bits per heavy atom. The van der Waals surface area contributed by atoms with Crippen LogP contribution in [0.3, 0.4) is 0 Å². The van der Waals surface area contributed by atoms with Crippen LogP contribution in [0.4, 0.5) is 0 Å². The van der Waals surface area contributed by atoms with Gasteiger partial charge in [-0.3, -0.25) is 9.69 Å². The van der Waals surface area contributed by atoms with Crippen LogP contribution in [0.2, 0.25) is 0 Å². The number of amides is 1. The van der Waals surface area contributed by atoms with Crippen molar-refractivity contribution in [3.8, 4) is 0 Å². The van der Waals surface area contributed by atoms with Gasteiger partial charge in [0.05, 0.1) is 6.17 Å². The standard InChI is InChI=1S/C29H52N2O/c1-7-26(31(5)6)30-27(32)16-11-20(2)23-14-15-24-22-13-12-21-10-8-9-18-28(21,3)25(22)17-19-29(23,24)4/h20-26H,7-19H2,1-6H3,(H,30,32)/t20-,21?,22?,23-,24?,25?,26?,28+,29-/m1/s1. The first kappa shape index (κ1) is 24.6. The summed E-state index contributed by atoms with van der Waals surface area (Å²) in [5, 5.41) is 3.23. The van der Waals surface area contributed by atoms with E-state index in [4.69, 9.17) is 0 Å². The molecular formula is C29H52N2O. The molecule has 4 rings (SSSR count). The minimum absolute atomic E-state index is 0.165. The third-order valence-corrected chi connectivity index (χ3v) is 11.5. The molecule has 0 bridgehead atoms. The van der Waals surface area contributed by atoms with E-state index in [1.54, 1.807) is 0 Å². The van der Waals surface area contributed by atoms with Crippen molar-refractivity contribution in [2.75, 3.05) is 14.1 Å². The Morgan fingerprint density at radius 3 is 2.44 bits per heavy atom. The van der Waals surface area contributed by atoms with Crippen molar-refractivity contribution in [1.29, 1.82) is 0 Å². The summed E-state index contributed by atoms with van der Waals surface area (Å²) < 4.78 is 0. The molecule has 0 aromatic rings. The lowest BCUT2D eigenvalue weighted by molar-refractivity contribution is -0.124. The van der Waals surface area contributed by atoms with Gasteiger partial charge in [0.2, 0.25) is 5.91 Å². The van der Waals surface area contributed by atoms with Gasteiger partial charge in [0.25, 0.3) is 0 Å². The topological polar surface area (TPSA) is 32.3 Å². The molecule has 9 atom stereocenters. The molecule has 0 aliphatic heterocycles. The maximum Gasteiger partial charge on any atom is 0.221 e. The highest BCUT2D eigenvalue weighted by Gasteiger charge is 2.60. The third-order valence-electron chi connectivity index (χ3n) is 11.5. The van der Waals surface area contributed by atoms with Crippen LogP contribution in [0.15, 0.2) is 0 Å². The van der Waals surface area contributed by atoms with Crippen LogP contribution in [0, 0.1) is 46.3 Å². The largest absolute Gasteiger partial charge is 0.341 e. The van der Waals surface area contributed by atoms with Crippen LogP contribution in [-0.2, 0) is 4.79 Å². The van der Waals surface area contributed by atoms with Gasteiger partial charge in [-0.1, -0.05) is 40.5 Å². The molecule has 0 heterocycles. The summed E-state index contributed by atoms with van der Waals surface area (Å²) in [6.07, 6.45) is 17.6. The molecule has 1 amide bonds. The minimum atomic E-state index is 0.165. The Kier molecular flexibility index (Phi) is 7.36. The first-order valence-electron chi connectivity index (χ1n) is 14.2. The van der Waals surface area contributed by atoms with Gasteiger partial charge in [0.1, 0.15) is 0 Å². The predicted molar refractivity (Wildman–Crippen MR) is 134 cm³/mol. The lowest BCUT2D eigenvalue weighted by atomic mass is 9.44. The second-order valence-electron chi connectivity index (χ2n) is 13.1. The Labute approximate surface area is 198 Å². The van der Waals surface area contributed by atoms with Crippen LogP contribution in [-0.4, -0.2) is 31.1 Å². The summed E-state index contributed by atoms with van der Waals surface area (Å²) in [5.41, 5.74) is 1.16. The summed E-state index contributed by atoms with van der Waals surface area (Å²) in [6, 6.07) is 0. The van der Waals surface area contributed by atoms with Gasteiger partial charge >= 0.3 is 0 Å². The Balaban J connectivity index is 1.38. The van der Waals surface area contributed by atoms with Crippen LogP contribution in [0.5, 0.6) is 0 Å². The fraction of sp³-hybridized carbons (Fsp3) is 0.966. The molecule has 4 fully saturated rings. The Morgan fingerprint density at radius 2 is 1.72 bits per heavy atom. The summed E-state index contributed by atoms with van der Waals surface area (Å²) >= 11 is 0. The molecule has 5 unspecified atom stereocenters. The van der Waals surface area contributed by atoms with Gasteiger partial charge in [0, 0.05) is 6.42 Å². The highest BCUT2D eigenvalue weighted by atomic mass is 16.1. The molecule has 0 aromatic carbocycles. The van der Waals surface area contributed by atoms with E-state index < -0.39 is 0 Å². The van der Waals surface area contributed by atoms with Crippen molar-refractivity contribution in [1.82, 2.24) is 10.2 Å². The quantitative estimate of drug-likeness (QED) is 0.435. The summed E-state index contributed by atoms with van der Waals surface area (Å²) in [6.45, 7) is 9.96. The first-order chi connectivity index (χ1) is 15.2. The van der Waals surface area contributed by atoms with Gasteiger partial charge in [0.15, 0.2) is 0 Å². The lowest BCUT2D eigenvalue weighted by Gasteiger charge is -2.61. The van der Waals surface area contributed by atoms with Crippen molar-refractivity contribution in [2.45, 2.75) is 117 Å². The van der Waals surface area contributed by atoms with E-state index in [1.807, 2.05) is 14.1 Å². The maximum atomic E-state index is 12.6. The number of nitrogens with one attached hydrogen (secondary N) is 1. The smallest absolute Gasteiger partial charge is 0.221 e. The second kappa shape index (κ2) is 9.59. The number of hydrogen-bond donors (Lipinski definition) is 1. The number of rotatable bonds is 7. The van der Waals surface area contributed by atoms with E-state index in [0.29, 0.717) is 23.2 Å². The van der Waals surface area contributed by atoms with E-state index >= 15 is 0 Å². The zero-order valence-corrected chi connectivity index (χ0v) is 22.1. The van der Waals surface area contributed by atoms with E-state index in [2.05, 4.69) is 37.9 Å². The molecule has 3 nitrogen and oxygen atoms in total. The summed E-state index contributed by atoms with van der Waals surface area (Å²) in [7, 11) is 4.10. The molecular weight excluding hydrogens is 392 g/mol. The summed E-state index contributed by atoms with van der Waals surface area (Å²) in [5.74, 6) is 5.66. The molecule has 1 N–H and O–H groups in total. The van der Waals surface area contributed by atoms with Gasteiger partial charge in [-0.25, -0.2) is 0 Å². The Bertz CT molecular complexity index is 662. The highest BCUT2D eigenvalue weighted by molar-refractivity contribution is 5.76. The fourth-order valence-corrected chi connectivity index (χ4v) is 9.68. The van der Waals surface area contributed by atoms with Gasteiger partial charge in [-0.2, -0.15) is 0 Å². The van der Waals surface area contributed by atoms with Crippen LogP contribution in [0.1, 0.15) is 111 Å². The average molecular weight is 445 g/mol. The second-order valence-corrected chi connectivity index (χ2v) is 13.1. The van der Waals surface area contributed by atoms with Crippen molar-refractivity contribution >= 4 is 5.91 Å². The summed E-state index contributed by atoms with van der Waals surface area (Å²) in [4.78, 5) is 14.7. The first-order valence-corrected chi connectivity index (χ1v) is 14.2. The number of fused-ring (bicyclic) bond motifs is 5. The third kappa shape index (κ3) is 4.29. The predicted octanol–water partition coefficient (Wildman–Crippen LogP) is 6.87. The normalized spacial score (nSPS) is 43.2. The molecule has 3 heteroatoms. The SMILES string of the molecule is CCC(NC(=O)CC[C@@H](C)[C@H]1CCC2C3CCC4CCCC[C@]4(C)C3CC[C@@]21C)N(C)C. The monoisotopic (exact) mass is 444 g/mol. The average Bonchev–Trinajstić information content (AvgIpc) is 3.12. The molecule has 0 radical (unpaired) electrons. The van der Waals surface area contributed by atoms with Crippen molar-refractivity contribution in [3.05, 3.63) is 0 Å². The molecule has 184 valence electrons. The fourth-order valence-electron chi connectivity index (χ4n) is 9.68. The van der Waals surface area contributed by atoms with Gasteiger partial charge in [-0.15, -0.1) is 0 Å². The van der Waals surface area contributed by atoms with Crippen LogP contribution >= 0.6 is 0 Å². The van der Waals surface area contributed by atoms with E-state index in [1.165, 1.54) is 64.2 Å². The van der Waals surface area contributed by atoms with Crippen molar-refractivity contribution in [3.63, 3.8) is 0 Å². The molecule has 0 saturated heterocycles. The zero-order valence-electron chi connectivity index (χ0n) is 22.1.